The van der Waals surface area contributed by atoms with Gasteiger partial charge in [0.05, 0.1) is 11.1 Å². The van der Waals surface area contributed by atoms with E-state index in [1.165, 1.54) is 34.6 Å². The molecule has 0 saturated carbocycles. The molecule has 1 aliphatic rings. The Bertz CT molecular complexity index is 997. The van der Waals surface area contributed by atoms with Crippen LogP contribution in [0.3, 0.4) is 0 Å². The average Bonchev–Trinajstić information content (AvgIpc) is 3.16. The Morgan fingerprint density at radius 3 is 2.69 bits per heavy atom. The van der Waals surface area contributed by atoms with Crippen LogP contribution >= 0.6 is 22.7 Å². The second-order valence-corrected chi connectivity index (χ2v) is 9.84. The van der Waals surface area contributed by atoms with E-state index in [1.54, 1.807) is 17.7 Å². The van der Waals surface area contributed by atoms with Crippen molar-refractivity contribution < 1.29 is 4.79 Å². The van der Waals surface area contributed by atoms with Gasteiger partial charge in [0.1, 0.15) is 21.9 Å². The number of nitrogens with two attached hydrogens (primary N) is 1. The maximum atomic E-state index is 12.0. The first kappa shape index (κ1) is 17.4. The predicted molar refractivity (Wildman–Crippen MR) is 109 cm³/mol. The summed E-state index contributed by atoms with van der Waals surface area (Å²) < 4.78 is 0. The molecule has 0 atom stereocenters. The fraction of sp³-hybridized carbons (Fsp3) is 0.421. The molecule has 0 radical (unpaired) electrons. The van der Waals surface area contributed by atoms with Gasteiger partial charge in [-0.3, -0.25) is 4.79 Å². The molecule has 3 aromatic heterocycles. The standard InChI is InChI=1S/C19H22N4OS2/c1-19(2,3)13-8-11(15(26-13)16(20)24)23-17-14-10-6-4-5-7-12(10)25-18(14)22-9-21-17/h8-9H,4-7H2,1-3H3,(H2,20,24)(H,21,22,23). The van der Waals surface area contributed by atoms with Crippen molar-refractivity contribution >= 4 is 50.3 Å². The van der Waals surface area contributed by atoms with Crippen LogP contribution in [0.2, 0.25) is 0 Å². The number of aryl methyl sites for hydroxylation is 2. The number of carbonyl (C=O) groups excluding carboxylic acids is 1. The van der Waals surface area contributed by atoms with Crippen LogP contribution in [0.5, 0.6) is 0 Å². The molecule has 0 aliphatic heterocycles. The van der Waals surface area contributed by atoms with E-state index in [2.05, 4.69) is 36.1 Å². The van der Waals surface area contributed by atoms with Crippen LogP contribution in [0.25, 0.3) is 10.2 Å². The van der Waals surface area contributed by atoms with Crippen molar-refractivity contribution in [3.05, 3.63) is 32.6 Å². The summed E-state index contributed by atoms with van der Waals surface area (Å²) >= 11 is 3.22. The van der Waals surface area contributed by atoms with Gasteiger partial charge in [0.15, 0.2) is 0 Å². The number of rotatable bonds is 3. The molecule has 1 amide bonds. The molecule has 3 N–H and O–H groups in total. The largest absolute Gasteiger partial charge is 0.365 e. The van der Waals surface area contributed by atoms with Crippen molar-refractivity contribution in [1.82, 2.24) is 9.97 Å². The lowest BCUT2D eigenvalue weighted by molar-refractivity contribution is 0.100. The SMILES string of the molecule is CC(C)(C)c1cc(Nc2ncnc3sc4c(c23)CCCC4)c(C(N)=O)s1. The molecule has 0 unspecified atom stereocenters. The van der Waals surface area contributed by atoms with Gasteiger partial charge in [-0.25, -0.2) is 9.97 Å². The van der Waals surface area contributed by atoms with Gasteiger partial charge in [0.2, 0.25) is 0 Å². The normalized spacial score (nSPS) is 14.4. The minimum atomic E-state index is -0.411. The number of primary amides is 1. The number of nitrogens with one attached hydrogen (secondary N) is 1. The summed E-state index contributed by atoms with van der Waals surface area (Å²) in [6.45, 7) is 6.39. The van der Waals surface area contributed by atoms with Crippen molar-refractivity contribution in [2.45, 2.75) is 51.9 Å². The van der Waals surface area contributed by atoms with Gasteiger partial charge >= 0.3 is 0 Å². The van der Waals surface area contributed by atoms with E-state index in [9.17, 15) is 4.79 Å². The van der Waals surface area contributed by atoms with Gasteiger partial charge in [-0.1, -0.05) is 20.8 Å². The van der Waals surface area contributed by atoms with Crippen LogP contribution in [-0.4, -0.2) is 15.9 Å². The van der Waals surface area contributed by atoms with Crippen LogP contribution < -0.4 is 11.1 Å². The third-order valence-electron chi connectivity index (χ3n) is 4.70. The summed E-state index contributed by atoms with van der Waals surface area (Å²) in [6.07, 6.45) is 6.22. The maximum absolute atomic E-state index is 12.0. The molecule has 0 spiro atoms. The molecule has 3 aromatic rings. The zero-order valence-corrected chi connectivity index (χ0v) is 16.8. The summed E-state index contributed by atoms with van der Waals surface area (Å²) in [4.78, 5) is 25.0. The topological polar surface area (TPSA) is 80.9 Å². The van der Waals surface area contributed by atoms with Crippen LogP contribution in [0.1, 0.15) is 58.6 Å². The van der Waals surface area contributed by atoms with Crippen LogP contribution in [0, 0.1) is 0 Å². The zero-order valence-electron chi connectivity index (χ0n) is 15.2. The highest BCUT2D eigenvalue weighted by atomic mass is 32.1. The van der Waals surface area contributed by atoms with E-state index in [1.807, 2.05) is 6.07 Å². The average molecular weight is 387 g/mol. The van der Waals surface area contributed by atoms with Crippen molar-refractivity contribution in [2.24, 2.45) is 5.73 Å². The highest BCUT2D eigenvalue weighted by Crippen LogP contribution is 2.41. The molecular weight excluding hydrogens is 364 g/mol. The van der Waals surface area contributed by atoms with E-state index in [0.717, 1.165) is 39.4 Å². The highest BCUT2D eigenvalue weighted by Gasteiger charge is 2.24. The number of fused-ring (bicyclic) bond motifs is 3. The van der Waals surface area contributed by atoms with Crippen molar-refractivity contribution in [3.63, 3.8) is 0 Å². The molecule has 5 nitrogen and oxygen atoms in total. The Hall–Kier alpha value is -1.99. The number of carbonyl (C=O) groups is 1. The van der Waals surface area contributed by atoms with Gasteiger partial charge in [-0.15, -0.1) is 22.7 Å². The van der Waals surface area contributed by atoms with E-state index < -0.39 is 5.91 Å². The van der Waals surface area contributed by atoms with Gasteiger partial charge in [0.25, 0.3) is 5.91 Å². The third-order valence-corrected chi connectivity index (χ3v) is 7.47. The molecule has 0 bridgehead atoms. The molecule has 1 aliphatic carbocycles. The minimum Gasteiger partial charge on any atom is -0.365 e. The first-order valence-electron chi connectivity index (χ1n) is 8.81. The number of nitrogens with zero attached hydrogens (tertiary/aromatic N) is 2. The van der Waals surface area contributed by atoms with Gasteiger partial charge in [-0.05, 0) is 42.7 Å². The summed E-state index contributed by atoms with van der Waals surface area (Å²) in [5.41, 5.74) is 7.69. The van der Waals surface area contributed by atoms with Crippen LogP contribution in [0.15, 0.2) is 12.4 Å². The minimum absolute atomic E-state index is 0.0443. The lowest BCUT2D eigenvalue weighted by atomic mass is 9.94. The Kier molecular flexibility index (Phi) is 4.23. The Labute approximate surface area is 160 Å². The molecule has 0 saturated heterocycles. The zero-order chi connectivity index (χ0) is 18.5. The number of hydrogen-bond acceptors (Lipinski definition) is 6. The summed E-state index contributed by atoms with van der Waals surface area (Å²) in [7, 11) is 0. The maximum Gasteiger partial charge on any atom is 0.260 e. The fourth-order valence-electron chi connectivity index (χ4n) is 3.35. The van der Waals surface area contributed by atoms with Crippen LogP contribution in [-0.2, 0) is 18.3 Å². The fourth-order valence-corrected chi connectivity index (χ4v) is 5.60. The number of hydrogen-bond donors (Lipinski definition) is 2. The Balaban J connectivity index is 1.82. The first-order chi connectivity index (χ1) is 12.3. The molecule has 136 valence electrons. The highest BCUT2D eigenvalue weighted by molar-refractivity contribution is 7.19. The Morgan fingerprint density at radius 1 is 1.19 bits per heavy atom. The Morgan fingerprint density at radius 2 is 1.96 bits per heavy atom. The smallest absolute Gasteiger partial charge is 0.260 e. The molecule has 4 rings (SSSR count). The van der Waals surface area contributed by atoms with Crippen LogP contribution in [0.4, 0.5) is 11.5 Å². The lowest BCUT2D eigenvalue weighted by Crippen LogP contribution is -2.11. The monoisotopic (exact) mass is 386 g/mol. The molecule has 0 aromatic carbocycles. The number of aromatic nitrogens is 2. The third kappa shape index (κ3) is 2.99. The van der Waals surface area contributed by atoms with E-state index in [0.29, 0.717) is 4.88 Å². The molecule has 3 heterocycles. The molecule has 26 heavy (non-hydrogen) atoms. The molecular formula is C19H22N4OS2. The van der Waals surface area contributed by atoms with E-state index in [4.69, 9.17) is 5.73 Å². The lowest BCUT2D eigenvalue weighted by Gasteiger charge is -2.15. The van der Waals surface area contributed by atoms with Crippen molar-refractivity contribution in [3.8, 4) is 0 Å². The van der Waals surface area contributed by atoms with Gasteiger partial charge < -0.3 is 11.1 Å². The summed E-state index contributed by atoms with van der Waals surface area (Å²) in [5, 5.41) is 4.49. The van der Waals surface area contributed by atoms with E-state index >= 15 is 0 Å². The number of thiophene rings is 2. The summed E-state index contributed by atoms with van der Waals surface area (Å²) in [6, 6.07) is 2.03. The van der Waals surface area contributed by atoms with Gasteiger partial charge in [-0.2, -0.15) is 0 Å². The van der Waals surface area contributed by atoms with Crippen molar-refractivity contribution in [2.75, 3.05) is 5.32 Å². The number of amides is 1. The molecule has 0 fully saturated rings. The summed E-state index contributed by atoms with van der Waals surface area (Å²) in [5.74, 6) is 0.362. The predicted octanol–water partition coefficient (Wildman–Crippen LogP) is 4.77. The quantitative estimate of drug-likeness (QED) is 0.679. The van der Waals surface area contributed by atoms with Gasteiger partial charge in [0, 0.05) is 9.75 Å². The molecule has 7 heteroatoms. The second kappa shape index (κ2) is 6.32. The van der Waals surface area contributed by atoms with E-state index in [-0.39, 0.29) is 5.41 Å². The second-order valence-electron chi connectivity index (χ2n) is 7.71. The van der Waals surface area contributed by atoms with Crippen molar-refractivity contribution in [1.29, 1.82) is 0 Å². The first-order valence-corrected chi connectivity index (χ1v) is 10.4. The number of anilines is 2.